The molecule has 1 aliphatic rings. The molecule has 118 valence electrons. The van der Waals surface area contributed by atoms with Gasteiger partial charge in [-0.3, -0.25) is 0 Å². The highest BCUT2D eigenvalue weighted by molar-refractivity contribution is 5.36. The Balaban J connectivity index is 2.25. The first-order valence-electron chi connectivity index (χ1n) is 7.17. The minimum absolute atomic E-state index is 0.134. The standard InChI is InChI=1S/C15H20F3NO2/c1-2-8-19-14(11-7-9-20-10-11)12-5-3-4-6-13(12)21-15(16,17)18/h3-6,11,14,19H,2,7-10H2,1H3. The van der Waals surface area contributed by atoms with Crippen LogP contribution in [0.25, 0.3) is 0 Å². The second kappa shape index (κ2) is 7.13. The lowest BCUT2D eigenvalue weighted by Crippen LogP contribution is -2.30. The van der Waals surface area contributed by atoms with Crippen LogP contribution in [-0.4, -0.2) is 26.1 Å². The summed E-state index contributed by atoms with van der Waals surface area (Å²) in [4.78, 5) is 0. The van der Waals surface area contributed by atoms with Gasteiger partial charge in [-0.1, -0.05) is 25.1 Å². The highest BCUT2D eigenvalue weighted by Gasteiger charge is 2.34. The highest BCUT2D eigenvalue weighted by Crippen LogP contribution is 2.36. The van der Waals surface area contributed by atoms with Crippen LogP contribution in [0.4, 0.5) is 13.2 Å². The number of benzene rings is 1. The topological polar surface area (TPSA) is 30.5 Å². The Hall–Kier alpha value is -1.27. The third kappa shape index (κ3) is 4.61. The Morgan fingerprint density at radius 1 is 1.38 bits per heavy atom. The molecule has 1 aromatic rings. The summed E-state index contributed by atoms with van der Waals surface area (Å²) < 4.78 is 47.2. The molecule has 1 N–H and O–H groups in total. The molecular weight excluding hydrogens is 283 g/mol. The molecule has 0 amide bonds. The van der Waals surface area contributed by atoms with E-state index in [1.54, 1.807) is 18.2 Å². The normalized spacial score (nSPS) is 20.5. The third-order valence-corrected chi connectivity index (χ3v) is 3.53. The van der Waals surface area contributed by atoms with Gasteiger partial charge in [-0.25, -0.2) is 0 Å². The van der Waals surface area contributed by atoms with Gasteiger partial charge < -0.3 is 14.8 Å². The maximum absolute atomic E-state index is 12.5. The second-order valence-electron chi connectivity index (χ2n) is 5.14. The van der Waals surface area contributed by atoms with Crippen LogP contribution in [0.1, 0.15) is 31.4 Å². The van der Waals surface area contributed by atoms with Crippen molar-refractivity contribution in [1.82, 2.24) is 5.32 Å². The molecule has 3 nitrogen and oxygen atoms in total. The van der Waals surface area contributed by atoms with Crippen LogP contribution >= 0.6 is 0 Å². The number of ether oxygens (including phenoxy) is 2. The zero-order chi connectivity index (χ0) is 15.3. The summed E-state index contributed by atoms with van der Waals surface area (Å²) in [6, 6.07) is 6.14. The van der Waals surface area contributed by atoms with Crippen molar-refractivity contribution in [3.8, 4) is 5.75 Å². The quantitative estimate of drug-likeness (QED) is 0.870. The zero-order valence-electron chi connectivity index (χ0n) is 12.0. The van der Waals surface area contributed by atoms with Crippen molar-refractivity contribution >= 4 is 0 Å². The minimum atomic E-state index is -4.68. The Kier molecular flexibility index (Phi) is 5.47. The molecule has 2 unspecified atom stereocenters. The van der Waals surface area contributed by atoms with E-state index in [-0.39, 0.29) is 17.7 Å². The number of para-hydroxylation sites is 1. The number of halogens is 3. The SMILES string of the molecule is CCCNC(c1ccccc1OC(F)(F)F)C1CCOC1. The van der Waals surface area contributed by atoms with E-state index < -0.39 is 6.36 Å². The Morgan fingerprint density at radius 3 is 2.76 bits per heavy atom. The van der Waals surface area contributed by atoms with Crippen LogP contribution in [0.2, 0.25) is 0 Å². The zero-order valence-corrected chi connectivity index (χ0v) is 12.0. The summed E-state index contributed by atoms with van der Waals surface area (Å²) in [7, 11) is 0. The third-order valence-electron chi connectivity index (χ3n) is 3.53. The summed E-state index contributed by atoms with van der Waals surface area (Å²) in [6.07, 6.45) is -2.94. The Morgan fingerprint density at radius 2 is 2.14 bits per heavy atom. The molecule has 2 atom stereocenters. The first-order chi connectivity index (χ1) is 10.0. The lowest BCUT2D eigenvalue weighted by atomic mass is 9.91. The minimum Gasteiger partial charge on any atom is -0.405 e. The van der Waals surface area contributed by atoms with Crippen LogP contribution in [0.5, 0.6) is 5.75 Å². The number of rotatable bonds is 6. The van der Waals surface area contributed by atoms with E-state index in [1.807, 2.05) is 6.92 Å². The summed E-state index contributed by atoms with van der Waals surface area (Å²) in [5, 5.41) is 3.33. The maximum Gasteiger partial charge on any atom is 0.573 e. The molecule has 0 saturated carbocycles. The van der Waals surface area contributed by atoms with E-state index in [4.69, 9.17) is 4.74 Å². The monoisotopic (exact) mass is 303 g/mol. The fourth-order valence-corrected chi connectivity index (χ4v) is 2.60. The predicted molar refractivity (Wildman–Crippen MR) is 73.1 cm³/mol. The summed E-state index contributed by atoms with van der Waals surface area (Å²) >= 11 is 0. The van der Waals surface area contributed by atoms with Crippen molar-refractivity contribution < 1.29 is 22.6 Å². The van der Waals surface area contributed by atoms with Crippen LogP contribution in [-0.2, 0) is 4.74 Å². The summed E-state index contributed by atoms with van der Waals surface area (Å²) in [5.41, 5.74) is 0.541. The number of alkyl halides is 3. The van der Waals surface area contributed by atoms with Gasteiger partial charge in [-0.05, 0) is 25.5 Å². The predicted octanol–water partition coefficient (Wildman–Crippen LogP) is 3.66. The van der Waals surface area contributed by atoms with E-state index >= 15 is 0 Å². The first kappa shape index (κ1) is 16.1. The molecule has 21 heavy (non-hydrogen) atoms. The molecule has 1 fully saturated rings. The lowest BCUT2D eigenvalue weighted by molar-refractivity contribution is -0.275. The van der Waals surface area contributed by atoms with Crippen molar-refractivity contribution in [2.24, 2.45) is 5.92 Å². The van der Waals surface area contributed by atoms with Crippen LogP contribution in [0, 0.1) is 5.92 Å². The van der Waals surface area contributed by atoms with E-state index in [2.05, 4.69) is 10.1 Å². The van der Waals surface area contributed by atoms with Gasteiger partial charge in [-0.2, -0.15) is 0 Å². The molecule has 1 aliphatic heterocycles. The smallest absolute Gasteiger partial charge is 0.405 e. The van der Waals surface area contributed by atoms with Gasteiger partial charge >= 0.3 is 6.36 Å². The molecule has 0 aromatic heterocycles. The van der Waals surface area contributed by atoms with Gasteiger partial charge in [0.1, 0.15) is 5.75 Å². The molecule has 0 aliphatic carbocycles. The van der Waals surface area contributed by atoms with Gasteiger partial charge in [-0.15, -0.1) is 13.2 Å². The second-order valence-corrected chi connectivity index (χ2v) is 5.14. The van der Waals surface area contributed by atoms with Crippen LogP contribution in [0.15, 0.2) is 24.3 Å². The average Bonchev–Trinajstić information content (AvgIpc) is 2.93. The van der Waals surface area contributed by atoms with E-state index in [0.717, 1.165) is 19.4 Å². The molecule has 1 saturated heterocycles. The number of hydrogen-bond acceptors (Lipinski definition) is 3. The fourth-order valence-electron chi connectivity index (χ4n) is 2.60. The van der Waals surface area contributed by atoms with Gasteiger partial charge in [0.05, 0.1) is 6.61 Å². The van der Waals surface area contributed by atoms with Gasteiger partial charge in [0, 0.05) is 24.1 Å². The average molecular weight is 303 g/mol. The number of hydrogen-bond donors (Lipinski definition) is 1. The van der Waals surface area contributed by atoms with E-state index in [0.29, 0.717) is 18.8 Å². The van der Waals surface area contributed by atoms with Crippen LogP contribution < -0.4 is 10.1 Å². The van der Waals surface area contributed by atoms with Crippen molar-refractivity contribution in [2.75, 3.05) is 19.8 Å². The van der Waals surface area contributed by atoms with E-state index in [1.165, 1.54) is 6.07 Å². The van der Waals surface area contributed by atoms with Gasteiger partial charge in [0.15, 0.2) is 0 Å². The van der Waals surface area contributed by atoms with E-state index in [9.17, 15) is 13.2 Å². The highest BCUT2D eigenvalue weighted by atomic mass is 19.4. The van der Waals surface area contributed by atoms with Crippen molar-refractivity contribution in [1.29, 1.82) is 0 Å². The molecular formula is C15H20F3NO2. The molecule has 1 heterocycles. The first-order valence-corrected chi connectivity index (χ1v) is 7.17. The summed E-state index contributed by atoms with van der Waals surface area (Å²) in [5.74, 6) is 0.0278. The molecule has 6 heteroatoms. The lowest BCUT2D eigenvalue weighted by Gasteiger charge is -2.26. The maximum atomic E-state index is 12.5. The van der Waals surface area contributed by atoms with Crippen molar-refractivity contribution in [2.45, 2.75) is 32.2 Å². The molecule has 1 aromatic carbocycles. The molecule has 0 bridgehead atoms. The Labute approximate surface area is 122 Å². The fraction of sp³-hybridized carbons (Fsp3) is 0.600. The number of nitrogens with one attached hydrogen (secondary N) is 1. The van der Waals surface area contributed by atoms with Crippen LogP contribution in [0.3, 0.4) is 0 Å². The van der Waals surface area contributed by atoms with Gasteiger partial charge in [0.25, 0.3) is 0 Å². The molecule has 0 radical (unpaired) electrons. The van der Waals surface area contributed by atoms with Gasteiger partial charge in [0.2, 0.25) is 0 Å². The molecule has 2 rings (SSSR count). The largest absolute Gasteiger partial charge is 0.573 e. The van der Waals surface area contributed by atoms with Crippen molar-refractivity contribution in [3.05, 3.63) is 29.8 Å². The summed E-state index contributed by atoms with van der Waals surface area (Å²) in [6.45, 7) is 3.97. The molecule has 0 spiro atoms. The Bertz CT molecular complexity index is 445. The van der Waals surface area contributed by atoms with Crippen molar-refractivity contribution in [3.63, 3.8) is 0 Å².